The Hall–Kier alpha value is 0.100. The zero-order valence-electron chi connectivity index (χ0n) is 14.5. The van der Waals surface area contributed by atoms with Crippen molar-refractivity contribution in [1.82, 2.24) is 0 Å². The average Bonchev–Trinajstić information content (AvgIpc) is 3.01. The Labute approximate surface area is 146 Å². The van der Waals surface area contributed by atoms with Crippen LogP contribution in [0.15, 0.2) is 24.3 Å². The molecule has 0 amide bonds. The van der Waals surface area contributed by atoms with Crippen LogP contribution in [-0.2, 0) is 32.3 Å². The van der Waals surface area contributed by atoms with E-state index in [1.807, 2.05) is 20.8 Å². The van der Waals surface area contributed by atoms with Crippen LogP contribution in [0.3, 0.4) is 0 Å². The largest absolute Gasteiger partial charge is 4.00 e. The summed E-state index contributed by atoms with van der Waals surface area (Å²) in [7, 11) is 5.42. The van der Waals surface area contributed by atoms with Crippen LogP contribution in [0.4, 0.5) is 0 Å². The van der Waals surface area contributed by atoms with Gasteiger partial charge in [0.25, 0.3) is 0 Å². The maximum atomic E-state index is 3.74. The Morgan fingerprint density at radius 3 is 1.05 bits per heavy atom. The predicted molar refractivity (Wildman–Crippen MR) is 90.9 cm³/mol. The molecule has 0 heterocycles. The molecule has 0 radical (unpaired) electrons. The maximum absolute atomic E-state index is 3.74. The third-order valence-electron chi connectivity index (χ3n) is 2.09. The molecule has 0 atom stereocenters. The van der Waals surface area contributed by atoms with E-state index < -0.39 is 0 Å². The maximum Gasteiger partial charge on any atom is 4.00 e. The van der Waals surface area contributed by atoms with Gasteiger partial charge < -0.3 is 16.0 Å². The van der Waals surface area contributed by atoms with Crippen molar-refractivity contribution in [2.24, 2.45) is 0 Å². The molecule has 4 heteroatoms. The van der Waals surface area contributed by atoms with E-state index >= 15 is 0 Å². The Balaban J connectivity index is -0.0000000881. The van der Waals surface area contributed by atoms with Crippen molar-refractivity contribution in [3.05, 3.63) is 45.8 Å². The van der Waals surface area contributed by atoms with Crippen LogP contribution in [0.1, 0.15) is 33.3 Å². The molecule has 0 spiro atoms. The van der Waals surface area contributed by atoms with E-state index in [0.717, 1.165) is 26.1 Å². The molecule has 0 aliphatic carbocycles. The van der Waals surface area contributed by atoms with Crippen LogP contribution in [0, 0.1) is 0 Å². The molecule has 0 bridgehead atoms. The SMILES string of the molecule is CC[N-]C.CC[N-]C.CC[N-]C.CC[c-]1cccc1.[Hf+4]. The first-order chi connectivity index (χ1) is 9.17. The molecule has 0 fully saturated rings. The third kappa shape index (κ3) is 36.1. The van der Waals surface area contributed by atoms with Crippen molar-refractivity contribution >= 4 is 0 Å². The van der Waals surface area contributed by atoms with Crippen LogP contribution in [0.5, 0.6) is 0 Å². The van der Waals surface area contributed by atoms with E-state index in [4.69, 9.17) is 0 Å². The molecular weight excluding hydrogens is 413 g/mol. The predicted octanol–water partition coefficient (Wildman–Crippen LogP) is 4.99. The minimum absolute atomic E-state index is 0. The summed E-state index contributed by atoms with van der Waals surface area (Å²) < 4.78 is 0. The van der Waals surface area contributed by atoms with Crippen LogP contribution < -0.4 is 0 Å². The van der Waals surface area contributed by atoms with E-state index in [-0.39, 0.29) is 25.8 Å². The quantitative estimate of drug-likeness (QED) is 0.462. The minimum Gasteiger partial charge on any atom is -0.665 e. The van der Waals surface area contributed by atoms with Gasteiger partial charge >= 0.3 is 25.8 Å². The van der Waals surface area contributed by atoms with Crippen molar-refractivity contribution in [3.63, 3.8) is 0 Å². The fraction of sp³-hybridized carbons (Fsp3) is 0.688. The summed E-state index contributed by atoms with van der Waals surface area (Å²) in [5, 5.41) is 11.2. The third-order valence-corrected chi connectivity index (χ3v) is 2.09. The van der Waals surface area contributed by atoms with E-state index in [0.29, 0.717) is 0 Å². The van der Waals surface area contributed by atoms with Gasteiger partial charge in [0.1, 0.15) is 0 Å². The van der Waals surface area contributed by atoms with Crippen molar-refractivity contribution in [2.75, 3.05) is 40.8 Å². The van der Waals surface area contributed by atoms with Crippen molar-refractivity contribution < 1.29 is 25.8 Å². The van der Waals surface area contributed by atoms with Crippen LogP contribution in [0.2, 0.25) is 0 Å². The zero-order chi connectivity index (χ0) is 15.4. The summed E-state index contributed by atoms with van der Waals surface area (Å²) >= 11 is 0. The molecule has 0 saturated heterocycles. The molecule has 0 saturated carbocycles. The van der Waals surface area contributed by atoms with Gasteiger partial charge in [0, 0.05) is 0 Å². The van der Waals surface area contributed by atoms with E-state index in [1.165, 1.54) is 5.56 Å². The normalized spacial score (nSPS) is 7.75. The summed E-state index contributed by atoms with van der Waals surface area (Å²) in [6.07, 6.45) is 1.16. The first-order valence-corrected chi connectivity index (χ1v) is 7.05. The van der Waals surface area contributed by atoms with Gasteiger partial charge in [-0.05, 0) is 0 Å². The molecule has 1 rings (SSSR count). The van der Waals surface area contributed by atoms with Crippen LogP contribution in [0.25, 0.3) is 16.0 Å². The Morgan fingerprint density at radius 1 is 0.700 bits per heavy atom. The molecule has 0 aliphatic heterocycles. The summed E-state index contributed by atoms with van der Waals surface area (Å²) in [6, 6.07) is 8.41. The Kier molecular flexibility index (Phi) is 44.5. The van der Waals surface area contributed by atoms with Gasteiger partial charge in [0.2, 0.25) is 0 Å². The first kappa shape index (κ1) is 28.3. The fourth-order valence-electron chi connectivity index (χ4n) is 0.650. The van der Waals surface area contributed by atoms with E-state index in [1.54, 1.807) is 21.1 Å². The minimum atomic E-state index is 0. The Morgan fingerprint density at radius 2 is 0.950 bits per heavy atom. The molecule has 1 aromatic carbocycles. The summed E-state index contributed by atoms with van der Waals surface area (Å²) in [5.74, 6) is 0. The second-order valence-electron chi connectivity index (χ2n) is 3.54. The molecule has 0 aliphatic rings. The number of hydrogen-bond acceptors (Lipinski definition) is 0. The van der Waals surface area contributed by atoms with E-state index in [9.17, 15) is 0 Å². The molecule has 3 nitrogen and oxygen atoms in total. The summed E-state index contributed by atoms with van der Waals surface area (Å²) in [4.78, 5) is 0. The number of rotatable bonds is 4. The van der Waals surface area contributed by atoms with Gasteiger partial charge in [-0.2, -0.15) is 58.5 Å². The standard InChI is InChI=1S/C7H9.3C3H8N.Hf/c1-2-7-5-3-4-6-7;3*1-3-4-2;/h3-6H,2H2,1H3;3*3H2,1-2H3;/q4*-1;+4. The smallest absolute Gasteiger partial charge is 0.665 e. The Bertz CT molecular complexity index is 186. The second-order valence-corrected chi connectivity index (χ2v) is 3.54. The molecule has 0 N–H and O–H groups in total. The molecule has 1 aromatic rings. The number of nitrogens with zero attached hydrogens (tertiary/aromatic N) is 3. The van der Waals surface area contributed by atoms with Gasteiger partial charge in [-0.3, -0.25) is 0 Å². The van der Waals surface area contributed by atoms with Crippen molar-refractivity contribution in [1.29, 1.82) is 0 Å². The van der Waals surface area contributed by atoms with Crippen LogP contribution >= 0.6 is 0 Å². The van der Waals surface area contributed by atoms with Crippen molar-refractivity contribution in [2.45, 2.75) is 34.1 Å². The summed E-state index contributed by atoms with van der Waals surface area (Å²) in [5.41, 5.74) is 1.43. The van der Waals surface area contributed by atoms with Crippen LogP contribution in [-0.4, -0.2) is 40.8 Å². The molecule has 0 unspecified atom stereocenters. The van der Waals surface area contributed by atoms with E-state index in [2.05, 4.69) is 47.1 Å². The van der Waals surface area contributed by atoms with Crippen molar-refractivity contribution in [3.8, 4) is 0 Å². The molecule has 20 heavy (non-hydrogen) atoms. The van der Waals surface area contributed by atoms with Gasteiger partial charge in [0.05, 0.1) is 0 Å². The molecular formula is C16H33HfN3. The topological polar surface area (TPSA) is 42.3 Å². The van der Waals surface area contributed by atoms with Gasteiger partial charge in [-0.25, -0.2) is 12.1 Å². The van der Waals surface area contributed by atoms with Gasteiger partial charge in [0.15, 0.2) is 0 Å². The zero-order valence-corrected chi connectivity index (χ0v) is 18.1. The monoisotopic (exact) mass is 447 g/mol. The number of aryl methyl sites for hydroxylation is 1. The molecule has 116 valence electrons. The summed E-state index contributed by atoms with van der Waals surface area (Å²) in [6.45, 7) is 11.0. The average molecular weight is 446 g/mol. The number of hydrogen-bond donors (Lipinski definition) is 0. The first-order valence-electron chi connectivity index (χ1n) is 7.05. The van der Waals surface area contributed by atoms with Gasteiger partial charge in [-0.1, -0.05) is 34.1 Å². The second kappa shape index (κ2) is 31.5. The van der Waals surface area contributed by atoms with Gasteiger partial charge in [-0.15, -0.1) is 0 Å². The molecule has 0 aromatic heterocycles. The fourth-order valence-corrected chi connectivity index (χ4v) is 0.650.